The molecule has 30 heavy (non-hydrogen) atoms. The minimum absolute atomic E-state index is 0.0306. The highest BCUT2D eigenvalue weighted by Crippen LogP contribution is 2.22. The van der Waals surface area contributed by atoms with E-state index in [1.807, 2.05) is 24.0 Å². The zero-order valence-electron chi connectivity index (χ0n) is 17.7. The molecule has 1 fully saturated rings. The van der Waals surface area contributed by atoms with Gasteiger partial charge in [-0.15, -0.1) is 0 Å². The Morgan fingerprint density at radius 1 is 0.967 bits per heavy atom. The lowest BCUT2D eigenvalue weighted by atomic mass is 10.1. The van der Waals surface area contributed by atoms with E-state index in [1.165, 1.54) is 0 Å². The molecule has 2 aromatic carbocycles. The van der Waals surface area contributed by atoms with Crippen LogP contribution in [0.5, 0.6) is 11.5 Å². The standard InChI is InChI=1S/C24H30N2O4/c1-3-22(30-19-14-12-18(29-2)13-15-19)23(27)25-21-11-7-6-10-20(21)24(28)26-16-8-4-5-9-17-26/h6-7,10-15,22H,3-5,8-9,16-17H2,1-2H3,(H,25,27)/t22-/m0/s1. The number of carbonyl (C=O) groups is 2. The quantitative estimate of drug-likeness (QED) is 0.729. The van der Waals surface area contributed by atoms with Crippen molar-refractivity contribution in [3.8, 4) is 11.5 Å². The molecular formula is C24H30N2O4. The second-order valence-corrected chi connectivity index (χ2v) is 7.43. The summed E-state index contributed by atoms with van der Waals surface area (Å²) in [7, 11) is 1.60. The van der Waals surface area contributed by atoms with Gasteiger partial charge in [0.1, 0.15) is 11.5 Å². The fraction of sp³-hybridized carbons (Fsp3) is 0.417. The molecule has 6 heteroatoms. The Kier molecular flexibility index (Phi) is 7.71. The Balaban J connectivity index is 1.71. The Morgan fingerprint density at radius 3 is 2.23 bits per heavy atom. The minimum Gasteiger partial charge on any atom is -0.497 e. The van der Waals surface area contributed by atoms with E-state index in [2.05, 4.69) is 5.32 Å². The summed E-state index contributed by atoms with van der Waals surface area (Å²) in [5.74, 6) is 1.01. The summed E-state index contributed by atoms with van der Waals surface area (Å²) >= 11 is 0. The van der Waals surface area contributed by atoms with Gasteiger partial charge in [0, 0.05) is 13.1 Å². The van der Waals surface area contributed by atoms with Gasteiger partial charge in [0.05, 0.1) is 18.4 Å². The first-order chi connectivity index (χ1) is 14.6. The van der Waals surface area contributed by atoms with Crippen LogP contribution >= 0.6 is 0 Å². The van der Waals surface area contributed by atoms with Gasteiger partial charge in [0.2, 0.25) is 0 Å². The molecule has 160 valence electrons. The highest BCUT2D eigenvalue weighted by atomic mass is 16.5. The van der Waals surface area contributed by atoms with Crippen molar-refractivity contribution in [1.82, 2.24) is 4.90 Å². The topological polar surface area (TPSA) is 67.9 Å². The van der Waals surface area contributed by atoms with Gasteiger partial charge in [-0.25, -0.2) is 0 Å². The largest absolute Gasteiger partial charge is 0.497 e. The van der Waals surface area contributed by atoms with E-state index >= 15 is 0 Å². The van der Waals surface area contributed by atoms with Crippen LogP contribution in [-0.4, -0.2) is 43.0 Å². The summed E-state index contributed by atoms with van der Waals surface area (Å²) in [6.07, 6.45) is 4.19. The number of nitrogens with zero attached hydrogens (tertiary/aromatic N) is 1. The molecule has 0 radical (unpaired) electrons. The summed E-state index contributed by atoms with van der Waals surface area (Å²) in [5, 5.41) is 2.90. The molecular weight excluding hydrogens is 380 g/mol. The van der Waals surface area contributed by atoms with Crippen LogP contribution in [0.2, 0.25) is 0 Å². The number of amides is 2. The number of nitrogens with one attached hydrogen (secondary N) is 1. The third-order valence-electron chi connectivity index (χ3n) is 5.31. The van der Waals surface area contributed by atoms with Gasteiger partial charge < -0.3 is 19.7 Å². The van der Waals surface area contributed by atoms with Crippen LogP contribution in [0, 0.1) is 0 Å². The first-order valence-corrected chi connectivity index (χ1v) is 10.6. The predicted molar refractivity (Wildman–Crippen MR) is 117 cm³/mol. The summed E-state index contributed by atoms with van der Waals surface area (Å²) in [5.41, 5.74) is 1.04. The molecule has 0 spiro atoms. The number of hydrogen-bond donors (Lipinski definition) is 1. The molecule has 0 aliphatic carbocycles. The summed E-state index contributed by atoms with van der Waals surface area (Å²) in [6, 6.07) is 14.3. The van der Waals surface area contributed by atoms with Crippen LogP contribution < -0.4 is 14.8 Å². The molecule has 0 aromatic heterocycles. The lowest BCUT2D eigenvalue weighted by molar-refractivity contribution is -0.122. The Labute approximate surface area is 178 Å². The summed E-state index contributed by atoms with van der Waals surface area (Å²) < 4.78 is 11.0. The lowest BCUT2D eigenvalue weighted by Crippen LogP contribution is -2.35. The number of likely N-dealkylation sites (tertiary alicyclic amines) is 1. The van der Waals surface area contributed by atoms with E-state index in [9.17, 15) is 9.59 Å². The number of benzene rings is 2. The molecule has 0 saturated carbocycles. The Hall–Kier alpha value is -3.02. The van der Waals surface area contributed by atoms with Crippen molar-refractivity contribution >= 4 is 17.5 Å². The number of rotatable bonds is 7. The molecule has 1 N–H and O–H groups in total. The SMILES string of the molecule is CC[C@H](Oc1ccc(OC)cc1)C(=O)Nc1ccccc1C(=O)N1CCCCCC1. The van der Waals surface area contributed by atoms with Crippen LogP contribution in [0.1, 0.15) is 49.4 Å². The van der Waals surface area contributed by atoms with Gasteiger partial charge >= 0.3 is 0 Å². The second kappa shape index (κ2) is 10.7. The molecule has 2 amide bonds. The van der Waals surface area contributed by atoms with Gasteiger partial charge in [-0.3, -0.25) is 9.59 Å². The lowest BCUT2D eigenvalue weighted by Gasteiger charge is -2.23. The van der Waals surface area contributed by atoms with Crippen molar-refractivity contribution in [3.05, 3.63) is 54.1 Å². The maximum Gasteiger partial charge on any atom is 0.265 e. The van der Waals surface area contributed by atoms with E-state index in [1.54, 1.807) is 43.5 Å². The third kappa shape index (κ3) is 5.53. The van der Waals surface area contributed by atoms with Gasteiger partial charge in [-0.2, -0.15) is 0 Å². The van der Waals surface area contributed by atoms with Gasteiger partial charge in [-0.1, -0.05) is 31.9 Å². The van der Waals surface area contributed by atoms with Crippen molar-refractivity contribution in [1.29, 1.82) is 0 Å². The first-order valence-electron chi connectivity index (χ1n) is 10.6. The monoisotopic (exact) mass is 410 g/mol. The third-order valence-corrected chi connectivity index (χ3v) is 5.31. The number of hydrogen-bond acceptors (Lipinski definition) is 4. The van der Waals surface area contributed by atoms with E-state index < -0.39 is 6.10 Å². The highest BCUT2D eigenvalue weighted by molar-refractivity contribution is 6.04. The van der Waals surface area contributed by atoms with Gasteiger partial charge in [0.25, 0.3) is 11.8 Å². The van der Waals surface area contributed by atoms with Crippen molar-refractivity contribution in [2.24, 2.45) is 0 Å². The average Bonchev–Trinajstić information content (AvgIpc) is 3.07. The number of anilines is 1. The number of carbonyl (C=O) groups excluding carboxylic acids is 2. The maximum absolute atomic E-state index is 13.1. The Bertz CT molecular complexity index is 843. The zero-order valence-corrected chi connectivity index (χ0v) is 17.7. The molecule has 1 atom stereocenters. The van der Waals surface area contributed by atoms with Crippen molar-refractivity contribution in [2.75, 3.05) is 25.5 Å². The van der Waals surface area contributed by atoms with Crippen molar-refractivity contribution in [2.45, 2.75) is 45.1 Å². The Morgan fingerprint density at radius 2 is 1.60 bits per heavy atom. The molecule has 1 aliphatic rings. The molecule has 3 rings (SSSR count). The molecule has 1 aliphatic heterocycles. The van der Waals surface area contributed by atoms with Crippen LogP contribution in [-0.2, 0) is 4.79 Å². The number of ether oxygens (including phenoxy) is 2. The van der Waals surface area contributed by atoms with E-state index in [0.717, 1.165) is 44.5 Å². The molecule has 0 unspecified atom stereocenters. The number of para-hydroxylation sites is 1. The van der Waals surface area contributed by atoms with E-state index in [0.29, 0.717) is 23.4 Å². The molecule has 2 aromatic rings. The predicted octanol–water partition coefficient (Wildman–Crippen LogP) is 4.51. The maximum atomic E-state index is 13.1. The molecule has 1 saturated heterocycles. The van der Waals surface area contributed by atoms with Crippen molar-refractivity contribution < 1.29 is 19.1 Å². The summed E-state index contributed by atoms with van der Waals surface area (Å²) in [6.45, 7) is 3.42. The van der Waals surface area contributed by atoms with Crippen molar-refractivity contribution in [3.63, 3.8) is 0 Å². The van der Waals surface area contributed by atoms with Crippen LogP contribution in [0.3, 0.4) is 0 Å². The fourth-order valence-electron chi connectivity index (χ4n) is 3.58. The van der Waals surface area contributed by atoms with Crippen LogP contribution in [0.15, 0.2) is 48.5 Å². The molecule has 0 bridgehead atoms. The van der Waals surface area contributed by atoms with Gasteiger partial charge in [0.15, 0.2) is 6.10 Å². The highest BCUT2D eigenvalue weighted by Gasteiger charge is 2.23. The normalized spacial score (nSPS) is 15.1. The average molecular weight is 411 g/mol. The first kappa shape index (κ1) is 21.7. The molecule has 1 heterocycles. The second-order valence-electron chi connectivity index (χ2n) is 7.43. The summed E-state index contributed by atoms with van der Waals surface area (Å²) in [4.78, 5) is 27.9. The van der Waals surface area contributed by atoms with Gasteiger partial charge in [-0.05, 0) is 55.7 Å². The minimum atomic E-state index is -0.667. The molecule has 6 nitrogen and oxygen atoms in total. The van der Waals surface area contributed by atoms with E-state index in [-0.39, 0.29) is 11.8 Å². The van der Waals surface area contributed by atoms with Crippen LogP contribution in [0.25, 0.3) is 0 Å². The smallest absolute Gasteiger partial charge is 0.265 e. The zero-order chi connectivity index (χ0) is 21.3. The number of methoxy groups -OCH3 is 1. The van der Waals surface area contributed by atoms with E-state index in [4.69, 9.17) is 9.47 Å². The van der Waals surface area contributed by atoms with Crippen LogP contribution in [0.4, 0.5) is 5.69 Å². The fourth-order valence-corrected chi connectivity index (χ4v) is 3.58.